The molecule has 0 aliphatic rings. The Bertz CT molecular complexity index is 1200. The van der Waals surface area contributed by atoms with Gasteiger partial charge >= 0.3 is 5.97 Å². The van der Waals surface area contributed by atoms with Crippen molar-refractivity contribution in [2.24, 2.45) is 0 Å². The predicted molar refractivity (Wildman–Crippen MR) is 117 cm³/mol. The molecule has 0 unspecified atom stereocenters. The van der Waals surface area contributed by atoms with Gasteiger partial charge in [-0.25, -0.2) is 4.79 Å². The number of nitrogens with one attached hydrogen (secondary N) is 1. The summed E-state index contributed by atoms with van der Waals surface area (Å²) in [5, 5.41) is 3.51. The molecule has 0 atom stereocenters. The number of hydrogen-bond donors (Lipinski definition) is 1. The normalized spacial score (nSPS) is 10.6. The standard InChI is InChI=1S/C23H24N2O6/c1-5-25-13-17(15-11-19(29-3)20(30-4)12-16(15)22(25)27)21(26)24-18-10-8-7-9-14(18)23(28)31-6-2/h7-13H,5-6H2,1-4H3,(H,24,26). The molecule has 1 aromatic heterocycles. The molecule has 0 saturated carbocycles. The van der Waals surface area contributed by atoms with E-state index in [1.165, 1.54) is 25.0 Å². The van der Waals surface area contributed by atoms with Gasteiger partial charge in [0.15, 0.2) is 11.5 Å². The Balaban J connectivity index is 2.15. The van der Waals surface area contributed by atoms with Crippen LogP contribution in [0.1, 0.15) is 34.6 Å². The van der Waals surface area contributed by atoms with Crippen LogP contribution >= 0.6 is 0 Å². The van der Waals surface area contributed by atoms with Crippen LogP contribution in [-0.4, -0.2) is 37.3 Å². The Morgan fingerprint density at radius 1 is 0.968 bits per heavy atom. The van der Waals surface area contributed by atoms with E-state index in [1.54, 1.807) is 43.3 Å². The van der Waals surface area contributed by atoms with Crippen molar-refractivity contribution in [3.05, 3.63) is 64.1 Å². The Labute approximate surface area is 179 Å². The van der Waals surface area contributed by atoms with Crippen molar-refractivity contribution in [2.75, 3.05) is 26.1 Å². The van der Waals surface area contributed by atoms with Gasteiger partial charge in [-0.3, -0.25) is 9.59 Å². The summed E-state index contributed by atoms with van der Waals surface area (Å²) in [6.07, 6.45) is 1.50. The molecule has 0 aliphatic carbocycles. The first-order valence-corrected chi connectivity index (χ1v) is 9.81. The highest BCUT2D eigenvalue weighted by Crippen LogP contribution is 2.32. The molecule has 1 amide bonds. The number of rotatable bonds is 7. The molecule has 31 heavy (non-hydrogen) atoms. The summed E-state index contributed by atoms with van der Waals surface area (Å²) in [5.41, 5.74) is 0.567. The predicted octanol–water partition coefficient (Wildman–Crippen LogP) is 3.47. The number of anilines is 1. The summed E-state index contributed by atoms with van der Waals surface area (Å²) in [7, 11) is 2.96. The van der Waals surface area contributed by atoms with Crippen LogP contribution in [-0.2, 0) is 11.3 Å². The molecular weight excluding hydrogens is 400 g/mol. The van der Waals surface area contributed by atoms with Crippen LogP contribution in [0, 0.1) is 0 Å². The second-order valence-electron chi connectivity index (χ2n) is 6.61. The average molecular weight is 424 g/mol. The quantitative estimate of drug-likeness (QED) is 0.584. The molecule has 0 saturated heterocycles. The third kappa shape index (κ3) is 4.23. The van der Waals surface area contributed by atoms with Crippen LogP contribution in [0.3, 0.4) is 0 Å². The van der Waals surface area contributed by atoms with E-state index in [0.717, 1.165) is 0 Å². The van der Waals surface area contributed by atoms with E-state index in [2.05, 4.69) is 5.32 Å². The molecule has 3 rings (SSSR count). The summed E-state index contributed by atoms with van der Waals surface area (Å²) in [5.74, 6) is -0.228. The van der Waals surface area contributed by atoms with E-state index in [0.29, 0.717) is 34.5 Å². The highest BCUT2D eigenvalue weighted by molar-refractivity contribution is 6.14. The molecule has 0 radical (unpaired) electrons. The smallest absolute Gasteiger partial charge is 0.340 e. The second kappa shape index (κ2) is 9.34. The number of benzene rings is 2. The third-order valence-corrected chi connectivity index (χ3v) is 4.85. The van der Waals surface area contributed by atoms with Crippen LogP contribution in [0.15, 0.2) is 47.4 Å². The van der Waals surface area contributed by atoms with Gasteiger partial charge in [0.1, 0.15) is 0 Å². The zero-order valence-corrected chi connectivity index (χ0v) is 17.9. The average Bonchev–Trinajstić information content (AvgIpc) is 2.79. The number of aromatic nitrogens is 1. The van der Waals surface area contributed by atoms with Crippen molar-refractivity contribution < 1.29 is 23.8 Å². The van der Waals surface area contributed by atoms with Gasteiger partial charge in [0.2, 0.25) is 0 Å². The highest BCUT2D eigenvalue weighted by atomic mass is 16.5. The molecule has 1 heterocycles. The topological polar surface area (TPSA) is 95.9 Å². The van der Waals surface area contributed by atoms with Crippen molar-refractivity contribution in [2.45, 2.75) is 20.4 Å². The number of aryl methyl sites for hydroxylation is 1. The van der Waals surface area contributed by atoms with E-state index >= 15 is 0 Å². The SMILES string of the molecule is CCOC(=O)c1ccccc1NC(=O)c1cn(CC)c(=O)c2cc(OC)c(OC)cc12. The summed E-state index contributed by atoms with van der Waals surface area (Å²) >= 11 is 0. The van der Waals surface area contributed by atoms with Crippen molar-refractivity contribution in [3.63, 3.8) is 0 Å². The van der Waals surface area contributed by atoms with Crippen molar-refractivity contribution in [1.29, 1.82) is 0 Å². The molecule has 1 N–H and O–H groups in total. The molecule has 0 spiro atoms. The van der Waals surface area contributed by atoms with Crippen molar-refractivity contribution in [1.82, 2.24) is 4.57 Å². The van der Waals surface area contributed by atoms with Crippen molar-refractivity contribution >= 4 is 28.3 Å². The molecule has 0 aliphatic heterocycles. The number of ether oxygens (including phenoxy) is 3. The molecule has 2 aromatic carbocycles. The highest BCUT2D eigenvalue weighted by Gasteiger charge is 2.20. The lowest BCUT2D eigenvalue weighted by atomic mass is 10.0. The number of esters is 1. The number of fused-ring (bicyclic) bond motifs is 1. The largest absolute Gasteiger partial charge is 0.493 e. The lowest BCUT2D eigenvalue weighted by Gasteiger charge is -2.15. The number of carbonyl (C=O) groups is 2. The Kier molecular flexibility index (Phi) is 6.59. The van der Waals surface area contributed by atoms with Crippen LogP contribution in [0.5, 0.6) is 11.5 Å². The van der Waals surface area contributed by atoms with Crippen LogP contribution in [0.2, 0.25) is 0 Å². The number of carbonyl (C=O) groups excluding carboxylic acids is 2. The van der Waals surface area contributed by atoms with Crippen LogP contribution in [0.25, 0.3) is 10.8 Å². The maximum absolute atomic E-state index is 13.2. The van der Waals surface area contributed by atoms with E-state index in [-0.39, 0.29) is 23.3 Å². The summed E-state index contributed by atoms with van der Waals surface area (Å²) in [6.45, 7) is 4.12. The maximum atomic E-state index is 13.2. The van der Waals surface area contributed by atoms with Gasteiger partial charge < -0.3 is 24.1 Å². The zero-order chi connectivity index (χ0) is 22.5. The number of hydrogen-bond acceptors (Lipinski definition) is 6. The van der Waals surface area contributed by atoms with Gasteiger partial charge in [-0.2, -0.15) is 0 Å². The number of methoxy groups -OCH3 is 2. The van der Waals surface area contributed by atoms with Gasteiger partial charge in [-0.1, -0.05) is 12.1 Å². The van der Waals surface area contributed by atoms with E-state index in [1.807, 2.05) is 6.92 Å². The van der Waals surface area contributed by atoms with Gasteiger partial charge in [0.25, 0.3) is 11.5 Å². The van der Waals surface area contributed by atoms with Crippen LogP contribution < -0.4 is 20.3 Å². The molecule has 3 aromatic rings. The van der Waals surface area contributed by atoms with Gasteiger partial charge in [0, 0.05) is 18.1 Å². The Hall–Kier alpha value is -3.81. The minimum absolute atomic E-state index is 0.217. The van der Waals surface area contributed by atoms with E-state index < -0.39 is 11.9 Å². The molecule has 0 bridgehead atoms. The summed E-state index contributed by atoms with van der Waals surface area (Å²) < 4.78 is 17.2. The van der Waals surface area contributed by atoms with E-state index in [4.69, 9.17) is 14.2 Å². The van der Waals surface area contributed by atoms with E-state index in [9.17, 15) is 14.4 Å². The molecule has 8 nitrogen and oxygen atoms in total. The Morgan fingerprint density at radius 2 is 1.61 bits per heavy atom. The number of nitrogens with zero attached hydrogens (tertiary/aromatic N) is 1. The molecule has 8 heteroatoms. The first-order valence-electron chi connectivity index (χ1n) is 9.81. The lowest BCUT2D eigenvalue weighted by Crippen LogP contribution is -2.24. The molecule has 0 fully saturated rings. The Morgan fingerprint density at radius 3 is 2.23 bits per heavy atom. The maximum Gasteiger partial charge on any atom is 0.340 e. The van der Waals surface area contributed by atoms with Crippen molar-refractivity contribution in [3.8, 4) is 11.5 Å². The first kappa shape index (κ1) is 21.9. The number of amides is 1. The zero-order valence-electron chi connectivity index (χ0n) is 17.9. The number of pyridine rings is 1. The van der Waals surface area contributed by atoms with Gasteiger partial charge in [-0.15, -0.1) is 0 Å². The fraction of sp³-hybridized carbons (Fsp3) is 0.261. The van der Waals surface area contributed by atoms with Crippen LogP contribution in [0.4, 0.5) is 5.69 Å². The van der Waals surface area contributed by atoms with Gasteiger partial charge in [0.05, 0.1) is 43.0 Å². The number of para-hydroxylation sites is 1. The fourth-order valence-corrected chi connectivity index (χ4v) is 3.30. The lowest BCUT2D eigenvalue weighted by molar-refractivity contribution is 0.0527. The third-order valence-electron chi connectivity index (χ3n) is 4.85. The molecular formula is C23H24N2O6. The molecule has 162 valence electrons. The summed E-state index contributed by atoms with van der Waals surface area (Å²) in [4.78, 5) is 38.3. The van der Waals surface area contributed by atoms with Gasteiger partial charge in [-0.05, 0) is 38.1 Å². The monoisotopic (exact) mass is 424 g/mol. The minimum atomic E-state index is -0.534. The summed E-state index contributed by atoms with van der Waals surface area (Å²) in [6, 6.07) is 9.75. The first-order chi connectivity index (χ1) is 14.9. The fourth-order valence-electron chi connectivity index (χ4n) is 3.30. The second-order valence-corrected chi connectivity index (χ2v) is 6.61. The minimum Gasteiger partial charge on any atom is -0.493 e.